The maximum Gasteiger partial charge on any atom is 0.255 e. The Kier molecular flexibility index (Phi) is 5.10. The van der Waals surface area contributed by atoms with Crippen molar-refractivity contribution in [2.75, 3.05) is 39.3 Å². The van der Waals surface area contributed by atoms with Crippen LogP contribution in [0.1, 0.15) is 22.8 Å². The number of amides is 1. The van der Waals surface area contributed by atoms with Crippen LogP contribution >= 0.6 is 0 Å². The molecular weight excluding hydrogens is 254 g/mol. The fraction of sp³-hybridized carbons (Fsp3) is 0.467. The van der Waals surface area contributed by atoms with Crippen molar-refractivity contribution in [3.05, 3.63) is 29.6 Å². The van der Waals surface area contributed by atoms with Crippen LogP contribution in [-0.4, -0.2) is 65.1 Å². The maximum atomic E-state index is 12.4. The fourth-order valence-electron chi connectivity index (χ4n) is 2.22. The zero-order chi connectivity index (χ0) is 14.4. The van der Waals surface area contributed by atoms with Crippen LogP contribution in [0.25, 0.3) is 0 Å². The number of aliphatic hydroxyl groups is 1. The summed E-state index contributed by atoms with van der Waals surface area (Å²) in [4.78, 5) is 20.6. The average Bonchev–Trinajstić information content (AvgIpc) is 2.52. The molecule has 1 amide bonds. The van der Waals surface area contributed by atoms with Crippen LogP contribution in [0.5, 0.6) is 0 Å². The highest BCUT2D eigenvalue weighted by atomic mass is 16.2. The normalized spacial score (nSPS) is 15.6. The highest BCUT2D eigenvalue weighted by Gasteiger charge is 2.21. The van der Waals surface area contributed by atoms with Crippen LogP contribution in [0.15, 0.2) is 18.5 Å². The summed E-state index contributed by atoms with van der Waals surface area (Å²) < 4.78 is 0. The Hall–Kier alpha value is -1.90. The Morgan fingerprint density at radius 2 is 2.10 bits per heavy atom. The molecule has 106 valence electrons. The minimum Gasteiger partial charge on any atom is -0.384 e. The lowest BCUT2D eigenvalue weighted by Crippen LogP contribution is -2.48. The molecule has 1 aliphatic heterocycles. The molecule has 0 spiro atoms. The minimum absolute atomic E-state index is 0.000835. The minimum atomic E-state index is -0.197. The van der Waals surface area contributed by atoms with Gasteiger partial charge in [-0.1, -0.05) is 18.8 Å². The maximum absolute atomic E-state index is 12.4. The molecule has 0 atom stereocenters. The smallest absolute Gasteiger partial charge is 0.255 e. The highest BCUT2D eigenvalue weighted by Crippen LogP contribution is 2.09. The van der Waals surface area contributed by atoms with Gasteiger partial charge in [-0.15, -0.1) is 0 Å². The van der Waals surface area contributed by atoms with E-state index in [-0.39, 0.29) is 12.5 Å². The van der Waals surface area contributed by atoms with Crippen molar-refractivity contribution in [3.8, 4) is 11.8 Å². The van der Waals surface area contributed by atoms with Gasteiger partial charge in [0.05, 0.1) is 5.56 Å². The molecule has 1 N–H and O–H groups in total. The summed E-state index contributed by atoms with van der Waals surface area (Å²) in [5.74, 6) is 5.33. The van der Waals surface area contributed by atoms with E-state index in [1.165, 1.54) is 0 Å². The van der Waals surface area contributed by atoms with Crippen molar-refractivity contribution < 1.29 is 9.90 Å². The van der Waals surface area contributed by atoms with Crippen LogP contribution in [0.4, 0.5) is 0 Å². The lowest BCUT2D eigenvalue weighted by molar-refractivity contribution is 0.0643. The second-order valence-corrected chi connectivity index (χ2v) is 4.65. The van der Waals surface area contributed by atoms with E-state index in [2.05, 4.69) is 28.6 Å². The summed E-state index contributed by atoms with van der Waals surface area (Å²) in [5, 5.41) is 8.68. The zero-order valence-corrected chi connectivity index (χ0v) is 11.7. The summed E-state index contributed by atoms with van der Waals surface area (Å²) in [6, 6.07) is 1.73. The van der Waals surface area contributed by atoms with Gasteiger partial charge in [-0.2, -0.15) is 0 Å². The molecule has 20 heavy (non-hydrogen) atoms. The Balaban J connectivity index is 2.06. The third kappa shape index (κ3) is 3.56. The van der Waals surface area contributed by atoms with E-state index in [1.54, 1.807) is 18.5 Å². The first kappa shape index (κ1) is 14.5. The van der Waals surface area contributed by atoms with Gasteiger partial charge in [0, 0.05) is 44.1 Å². The SMILES string of the molecule is CCN1CCN(C(=O)c2cncc(C#CCO)c2)CC1. The summed E-state index contributed by atoms with van der Waals surface area (Å²) in [6.07, 6.45) is 3.16. The van der Waals surface area contributed by atoms with Gasteiger partial charge in [-0.25, -0.2) is 0 Å². The average molecular weight is 273 g/mol. The van der Waals surface area contributed by atoms with Gasteiger partial charge in [0.2, 0.25) is 0 Å². The zero-order valence-electron chi connectivity index (χ0n) is 11.7. The van der Waals surface area contributed by atoms with Crippen molar-refractivity contribution in [1.82, 2.24) is 14.8 Å². The second-order valence-electron chi connectivity index (χ2n) is 4.65. The summed E-state index contributed by atoms with van der Waals surface area (Å²) in [5.41, 5.74) is 1.21. The van der Waals surface area contributed by atoms with Crippen LogP contribution < -0.4 is 0 Å². The molecule has 0 radical (unpaired) electrons. The van der Waals surface area contributed by atoms with Crippen LogP contribution in [0, 0.1) is 11.8 Å². The molecule has 5 nitrogen and oxygen atoms in total. The van der Waals surface area contributed by atoms with Crippen molar-refractivity contribution in [2.45, 2.75) is 6.92 Å². The molecule has 2 heterocycles. The molecule has 1 aliphatic rings. The summed E-state index contributed by atoms with van der Waals surface area (Å²) >= 11 is 0. The van der Waals surface area contributed by atoms with E-state index in [1.807, 2.05) is 4.90 Å². The van der Waals surface area contributed by atoms with Crippen molar-refractivity contribution in [1.29, 1.82) is 0 Å². The van der Waals surface area contributed by atoms with Gasteiger partial charge in [0.1, 0.15) is 6.61 Å². The van der Waals surface area contributed by atoms with Gasteiger partial charge in [-0.05, 0) is 12.6 Å². The molecule has 0 unspecified atom stereocenters. The molecule has 2 rings (SSSR count). The largest absolute Gasteiger partial charge is 0.384 e. The molecule has 1 saturated heterocycles. The number of likely N-dealkylation sites (N-methyl/N-ethyl adjacent to an activating group) is 1. The fourth-order valence-corrected chi connectivity index (χ4v) is 2.22. The number of aromatic nitrogens is 1. The molecule has 1 aromatic heterocycles. The van der Waals surface area contributed by atoms with Crippen LogP contribution in [0.3, 0.4) is 0 Å². The van der Waals surface area contributed by atoms with Crippen molar-refractivity contribution in [2.24, 2.45) is 0 Å². The number of piperazine rings is 1. The Morgan fingerprint density at radius 1 is 1.35 bits per heavy atom. The van der Waals surface area contributed by atoms with E-state index < -0.39 is 0 Å². The summed E-state index contributed by atoms with van der Waals surface area (Å²) in [6.45, 7) is 6.29. The molecule has 0 bridgehead atoms. The van der Waals surface area contributed by atoms with Crippen molar-refractivity contribution in [3.63, 3.8) is 0 Å². The topological polar surface area (TPSA) is 56.7 Å². The lowest BCUT2D eigenvalue weighted by atomic mass is 10.1. The first-order valence-electron chi connectivity index (χ1n) is 6.81. The number of carbonyl (C=O) groups excluding carboxylic acids is 1. The molecular formula is C15H19N3O2. The summed E-state index contributed by atoms with van der Waals surface area (Å²) in [7, 11) is 0. The molecule has 0 saturated carbocycles. The van der Waals surface area contributed by atoms with Crippen molar-refractivity contribution >= 4 is 5.91 Å². The Morgan fingerprint density at radius 3 is 2.75 bits per heavy atom. The van der Waals surface area contributed by atoms with E-state index in [9.17, 15) is 4.79 Å². The van der Waals surface area contributed by atoms with E-state index in [0.717, 1.165) is 32.7 Å². The van der Waals surface area contributed by atoms with Gasteiger partial charge in [0.25, 0.3) is 5.91 Å². The first-order valence-corrected chi connectivity index (χ1v) is 6.81. The molecule has 1 aromatic rings. The molecule has 0 aliphatic carbocycles. The quantitative estimate of drug-likeness (QED) is 0.782. The predicted octanol–water partition coefficient (Wildman–Crippen LogP) is 0.203. The third-order valence-corrected chi connectivity index (χ3v) is 3.40. The standard InChI is InChI=1S/C15H19N3O2/c1-2-17-5-7-18(8-6-17)15(20)14-10-13(4-3-9-19)11-16-12-14/h10-12,19H,2,5-9H2,1H3. The molecule has 1 fully saturated rings. The van der Waals surface area contributed by atoms with E-state index >= 15 is 0 Å². The third-order valence-electron chi connectivity index (χ3n) is 3.40. The number of carbonyl (C=O) groups is 1. The predicted molar refractivity (Wildman–Crippen MR) is 76.2 cm³/mol. The van der Waals surface area contributed by atoms with Gasteiger partial charge < -0.3 is 14.9 Å². The van der Waals surface area contributed by atoms with Crippen LogP contribution in [-0.2, 0) is 0 Å². The van der Waals surface area contributed by atoms with Crippen LogP contribution in [0.2, 0.25) is 0 Å². The number of aliphatic hydroxyl groups excluding tert-OH is 1. The second kappa shape index (κ2) is 7.04. The Labute approximate surface area is 119 Å². The number of hydrogen-bond acceptors (Lipinski definition) is 4. The van der Waals surface area contributed by atoms with Gasteiger partial charge in [-0.3, -0.25) is 9.78 Å². The lowest BCUT2D eigenvalue weighted by Gasteiger charge is -2.34. The Bertz CT molecular complexity index is 525. The van der Waals surface area contributed by atoms with Gasteiger partial charge >= 0.3 is 0 Å². The number of hydrogen-bond donors (Lipinski definition) is 1. The highest BCUT2D eigenvalue weighted by molar-refractivity contribution is 5.94. The molecule has 5 heteroatoms. The van der Waals surface area contributed by atoms with Gasteiger partial charge in [0.15, 0.2) is 0 Å². The monoisotopic (exact) mass is 273 g/mol. The number of rotatable bonds is 2. The molecule has 0 aromatic carbocycles. The number of nitrogens with zero attached hydrogens (tertiary/aromatic N) is 3. The van der Waals surface area contributed by atoms with E-state index in [0.29, 0.717) is 11.1 Å². The first-order chi connectivity index (χ1) is 9.74. The number of pyridine rings is 1. The van der Waals surface area contributed by atoms with E-state index in [4.69, 9.17) is 5.11 Å².